The second-order valence-corrected chi connectivity index (χ2v) is 5.83. The largest absolute Gasteiger partial charge is 0.346 e. The number of rotatable bonds is 5. The maximum atomic E-state index is 11.8. The monoisotopic (exact) mass is 306 g/mol. The van der Waals surface area contributed by atoms with Crippen LogP contribution >= 0.6 is 11.3 Å². The Morgan fingerprint density at radius 2 is 2.14 bits per heavy atom. The Kier molecular flexibility index (Phi) is 5.10. The van der Waals surface area contributed by atoms with E-state index < -0.39 is 11.8 Å². The second kappa shape index (κ2) is 7.03. The molecule has 0 fully saturated rings. The van der Waals surface area contributed by atoms with Crippen molar-refractivity contribution >= 4 is 23.2 Å². The van der Waals surface area contributed by atoms with E-state index in [4.69, 9.17) is 0 Å². The molecule has 2 amide bonds. The van der Waals surface area contributed by atoms with E-state index in [2.05, 4.69) is 15.7 Å². The van der Waals surface area contributed by atoms with Crippen LogP contribution in [0.2, 0.25) is 0 Å². The minimum absolute atomic E-state index is 0.0672. The smallest absolute Gasteiger partial charge is 0.309 e. The fourth-order valence-corrected chi connectivity index (χ4v) is 2.69. The molecule has 0 saturated carbocycles. The first-order valence-electron chi connectivity index (χ1n) is 6.69. The highest BCUT2D eigenvalue weighted by molar-refractivity contribution is 7.10. The molecule has 0 aliphatic carbocycles. The Morgan fingerprint density at radius 1 is 1.33 bits per heavy atom. The number of thiophene rings is 1. The SMILES string of the molecule is CC(C)NC(=O)C(=O)NCC(c1cccs1)n1cccn1. The van der Waals surface area contributed by atoms with Gasteiger partial charge in [-0.3, -0.25) is 14.3 Å². The highest BCUT2D eigenvalue weighted by Gasteiger charge is 2.19. The zero-order chi connectivity index (χ0) is 15.2. The topological polar surface area (TPSA) is 76.0 Å². The average molecular weight is 306 g/mol. The highest BCUT2D eigenvalue weighted by Crippen LogP contribution is 2.21. The molecule has 112 valence electrons. The zero-order valence-corrected chi connectivity index (χ0v) is 12.8. The fourth-order valence-electron chi connectivity index (χ4n) is 1.87. The Labute approximate surface area is 127 Å². The van der Waals surface area contributed by atoms with Crippen LogP contribution in [-0.4, -0.2) is 34.2 Å². The lowest BCUT2D eigenvalue weighted by Crippen LogP contribution is -2.44. The Morgan fingerprint density at radius 3 is 2.71 bits per heavy atom. The van der Waals surface area contributed by atoms with Gasteiger partial charge in [-0.05, 0) is 31.4 Å². The predicted octanol–water partition coefficient (Wildman–Crippen LogP) is 1.17. The van der Waals surface area contributed by atoms with Crippen molar-refractivity contribution in [2.24, 2.45) is 0 Å². The van der Waals surface area contributed by atoms with Crippen LogP contribution in [0.5, 0.6) is 0 Å². The summed E-state index contributed by atoms with van der Waals surface area (Å²) in [5.74, 6) is -1.24. The Balaban J connectivity index is 2.01. The summed E-state index contributed by atoms with van der Waals surface area (Å²) in [5, 5.41) is 11.4. The molecule has 7 heteroatoms. The lowest BCUT2D eigenvalue weighted by atomic mass is 10.2. The minimum atomic E-state index is -0.627. The fraction of sp³-hybridized carbons (Fsp3) is 0.357. The van der Waals surface area contributed by atoms with Crippen LogP contribution < -0.4 is 10.6 Å². The Bertz CT molecular complexity index is 544. The molecule has 0 aliphatic rings. The highest BCUT2D eigenvalue weighted by atomic mass is 32.1. The molecule has 0 aliphatic heterocycles. The first kappa shape index (κ1) is 15.2. The molecule has 2 rings (SSSR count). The summed E-state index contributed by atoms with van der Waals surface area (Å²) in [7, 11) is 0. The van der Waals surface area contributed by atoms with E-state index in [9.17, 15) is 9.59 Å². The van der Waals surface area contributed by atoms with Crippen LogP contribution in [0.1, 0.15) is 24.8 Å². The molecule has 0 radical (unpaired) electrons. The van der Waals surface area contributed by atoms with Crippen molar-refractivity contribution in [3.8, 4) is 0 Å². The van der Waals surface area contributed by atoms with Crippen molar-refractivity contribution in [2.75, 3.05) is 6.54 Å². The van der Waals surface area contributed by atoms with Crippen LogP contribution in [0.15, 0.2) is 36.0 Å². The molecule has 21 heavy (non-hydrogen) atoms. The number of hydrogen-bond donors (Lipinski definition) is 2. The standard InChI is InChI=1S/C14H18N4O2S/c1-10(2)17-14(20)13(19)15-9-11(12-5-3-8-21-12)18-7-4-6-16-18/h3-8,10-11H,9H2,1-2H3,(H,15,19)(H,17,20). The van der Waals surface area contributed by atoms with E-state index >= 15 is 0 Å². The van der Waals surface area contributed by atoms with E-state index in [1.54, 1.807) is 22.2 Å². The molecule has 2 aromatic heterocycles. The van der Waals surface area contributed by atoms with Gasteiger partial charge in [0.25, 0.3) is 0 Å². The molecule has 1 atom stereocenters. The maximum Gasteiger partial charge on any atom is 0.309 e. The van der Waals surface area contributed by atoms with Crippen LogP contribution in [0.3, 0.4) is 0 Å². The third-order valence-electron chi connectivity index (χ3n) is 2.80. The summed E-state index contributed by atoms with van der Waals surface area (Å²) in [6.07, 6.45) is 3.53. The number of aromatic nitrogens is 2. The number of carbonyl (C=O) groups excluding carboxylic acids is 2. The van der Waals surface area contributed by atoms with Gasteiger partial charge in [-0.25, -0.2) is 0 Å². The van der Waals surface area contributed by atoms with Crippen molar-refractivity contribution in [1.29, 1.82) is 0 Å². The van der Waals surface area contributed by atoms with Crippen molar-refractivity contribution in [2.45, 2.75) is 25.9 Å². The van der Waals surface area contributed by atoms with E-state index in [1.807, 2.05) is 43.6 Å². The van der Waals surface area contributed by atoms with Gasteiger partial charge in [0, 0.05) is 29.9 Å². The number of hydrogen-bond acceptors (Lipinski definition) is 4. The van der Waals surface area contributed by atoms with Crippen LogP contribution in [0.4, 0.5) is 0 Å². The summed E-state index contributed by atoms with van der Waals surface area (Å²) >= 11 is 1.59. The second-order valence-electron chi connectivity index (χ2n) is 4.86. The molecular weight excluding hydrogens is 288 g/mol. The van der Waals surface area contributed by atoms with Gasteiger partial charge in [-0.2, -0.15) is 5.10 Å². The first-order valence-corrected chi connectivity index (χ1v) is 7.57. The molecule has 0 spiro atoms. The third-order valence-corrected chi connectivity index (χ3v) is 3.77. The van der Waals surface area contributed by atoms with Gasteiger partial charge in [0.2, 0.25) is 0 Å². The molecule has 6 nitrogen and oxygen atoms in total. The molecule has 0 saturated heterocycles. The van der Waals surface area contributed by atoms with E-state index in [-0.39, 0.29) is 12.1 Å². The van der Waals surface area contributed by atoms with Gasteiger partial charge in [0.05, 0.1) is 0 Å². The number of nitrogens with zero attached hydrogens (tertiary/aromatic N) is 2. The Hall–Kier alpha value is -2.15. The number of amides is 2. The van der Waals surface area contributed by atoms with Crippen molar-refractivity contribution in [3.05, 3.63) is 40.8 Å². The lowest BCUT2D eigenvalue weighted by molar-refractivity contribution is -0.139. The quantitative estimate of drug-likeness (QED) is 0.814. The number of nitrogens with one attached hydrogen (secondary N) is 2. The van der Waals surface area contributed by atoms with Crippen molar-refractivity contribution in [1.82, 2.24) is 20.4 Å². The normalized spacial score (nSPS) is 12.1. The van der Waals surface area contributed by atoms with Gasteiger partial charge in [-0.15, -0.1) is 11.3 Å². The molecule has 0 aromatic carbocycles. The molecule has 2 heterocycles. The zero-order valence-electron chi connectivity index (χ0n) is 11.9. The molecule has 1 unspecified atom stereocenters. The summed E-state index contributed by atoms with van der Waals surface area (Å²) in [4.78, 5) is 24.4. The summed E-state index contributed by atoms with van der Waals surface area (Å²) in [5.41, 5.74) is 0. The van der Waals surface area contributed by atoms with Gasteiger partial charge in [-0.1, -0.05) is 6.07 Å². The molecule has 2 N–H and O–H groups in total. The number of carbonyl (C=O) groups is 2. The van der Waals surface area contributed by atoms with Crippen molar-refractivity contribution in [3.63, 3.8) is 0 Å². The summed E-state index contributed by atoms with van der Waals surface area (Å²) in [6, 6.07) is 5.58. The third kappa shape index (κ3) is 4.16. The van der Waals surface area contributed by atoms with Crippen LogP contribution in [0.25, 0.3) is 0 Å². The van der Waals surface area contributed by atoms with E-state index in [0.29, 0.717) is 6.54 Å². The van der Waals surface area contributed by atoms with Gasteiger partial charge < -0.3 is 10.6 Å². The van der Waals surface area contributed by atoms with Crippen LogP contribution in [0, 0.1) is 0 Å². The molecule has 2 aromatic rings. The van der Waals surface area contributed by atoms with E-state index in [0.717, 1.165) is 4.88 Å². The predicted molar refractivity (Wildman–Crippen MR) is 81.0 cm³/mol. The molecule has 0 bridgehead atoms. The van der Waals surface area contributed by atoms with Crippen molar-refractivity contribution < 1.29 is 9.59 Å². The van der Waals surface area contributed by atoms with Gasteiger partial charge in [0.1, 0.15) is 6.04 Å². The van der Waals surface area contributed by atoms with E-state index in [1.165, 1.54) is 0 Å². The van der Waals surface area contributed by atoms with Gasteiger partial charge in [0.15, 0.2) is 0 Å². The summed E-state index contributed by atoms with van der Waals surface area (Å²) in [6.45, 7) is 3.93. The molecular formula is C14H18N4O2S. The minimum Gasteiger partial charge on any atom is -0.346 e. The van der Waals surface area contributed by atoms with Crippen LogP contribution in [-0.2, 0) is 9.59 Å². The van der Waals surface area contributed by atoms with Gasteiger partial charge >= 0.3 is 11.8 Å². The first-order chi connectivity index (χ1) is 10.1. The lowest BCUT2D eigenvalue weighted by Gasteiger charge is -2.17. The average Bonchev–Trinajstić information content (AvgIpc) is 3.11. The summed E-state index contributed by atoms with van der Waals surface area (Å²) < 4.78 is 1.77. The maximum absolute atomic E-state index is 11.8.